The summed E-state index contributed by atoms with van der Waals surface area (Å²) in [7, 11) is 0. The van der Waals surface area contributed by atoms with Crippen LogP contribution in [-0.4, -0.2) is 12.0 Å². The number of anilines is 1. The molecule has 1 atom stereocenters. The summed E-state index contributed by atoms with van der Waals surface area (Å²) in [5, 5.41) is 0. The highest BCUT2D eigenvalue weighted by molar-refractivity contribution is 5.98. The monoisotopic (exact) mass is 222 g/mol. The lowest BCUT2D eigenvalue weighted by atomic mass is 10.1. The van der Waals surface area contributed by atoms with E-state index in [1.54, 1.807) is 18.2 Å². The highest BCUT2D eigenvalue weighted by Crippen LogP contribution is 2.21. The molecule has 16 heavy (non-hydrogen) atoms. The largest absolute Gasteiger partial charge is 0.490 e. The average Bonchev–Trinajstić information content (AvgIpc) is 2.20. The Morgan fingerprint density at radius 1 is 1.31 bits per heavy atom. The number of amides is 1. The van der Waals surface area contributed by atoms with Crippen LogP contribution in [0.4, 0.5) is 5.69 Å². The molecule has 1 aromatic carbocycles. The lowest BCUT2D eigenvalue weighted by molar-refractivity contribution is 0.1000. The van der Waals surface area contributed by atoms with Crippen LogP contribution >= 0.6 is 0 Å². The van der Waals surface area contributed by atoms with Crippen molar-refractivity contribution >= 4 is 11.6 Å². The van der Waals surface area contributed by atoms with E-state index in [9.17, 15) is 4.79 Å². The molecule has 0 aliphatic rings. The fourth-order valence-corrected chi connectivity index (χ4v) is 1.17. The van der Waals surface area contributed by atoms with E-state index in [0.29, 0.717) is 22.9 Å². The number of rotatable bonds is 4. The molecule has 0 radical (unpaired) electrons. The predicted molar refractivity (Wildman–Crippen MR) is 64.3 cm³/mol. The summed E-state index contributed by atoms with van der Waals surface area (Å²) >= 11 is 0. The smallest absolute Gasteiger partial charge is 0.250 e. The summed E-state index contributed by atoms with van der Waals surface area (Å²) in [6.45, 7) is 6.11. The third kappa shape index (κ3) is 2.89. The van der Waals surface area contributed by atoms with E-state index in [1.165, 1.54) is 0 Å². The van der Waals surface area contributed by atoms with Crippen molar-refractivity contribution in [2.75, 3.05) is 5.73 Å². The normalized spacial score (nSPS) is 12.5. The Kier molecular flexibility index (Phi) is 3.77. The molecule has 88 valence electrons. The molecule has 0 aromatic heterocycles. The quantitative estimate of drug-likeness (QED) is 0.762. The zero-order chi connectivity index (χ0) is 12.3. The van der Waals surface area contributed by atoms with Gasteiger partial charge in [-0.3, -0.25) is 4.79 Å². The fourth-order valence-electron chi connectivity index (χ4n) is 1.17. The third-order valence-electron chi connectivity index (χ3n) is 2.55. The fraction of sp³-hybridized carbons (Fsp3) is 0.417. The number of ether oxygens (including phenoxy) is 1. The average molecular weight is 222 g/mol. The molecular weight excluding hydrogens is 204 g/mol. The molecule has 4 heteroatoms. The summed E-state index contributed by atoms with van der Waals surface area (Å²) in [6.07, 6.45) is 0.0735. The van der Waals surface area contributed by atoms with E-state index in [0.717, 1.165) is 0 Å². The molecule has 4 N–H and O–H groups in total. The van der Waals surface area contributed by atoms with Gasteiger partial charge in [0.2, 0.25) is 0 Å². The van der Waals surface area contributed by atoms with Gasteiger partial charge in [-0.1, -0.05) is 13.8 Å². The maximum atomic E-state index is 11.1. The van der Waals surface area contributed by atoms with Gasteiger partial charge in [0.1, 0.15) is 5.75 Å². The summed E-state index contributed by atoms with van der Waals surface area (Å²) in [5.41, 5.74) is 11.5. The Bertz CT molecular complexity index is 389. The Hall–Kier alpha value is -1.71. The molecule has 0 saturated heterocycles. The number of carbonyl (C=O) groups is 1. The maximum absolute atomic E-state index is 11.1. The first kappa shape index (κ1) is 12.4. The molecule has 1 aromatic rings. The number of hydrogen-bond donors (Lipinski definition) is 2. The molecule has 1 amide bonds. The number of primary amides is 1. The van der Waals surface area contributed by atoms with Crippen LogP contribution in [-0.2, 0) is 0 Å². The summed E-state index contributed by atoms with van der Waals surface area (Å²) in [5.74, 6) is 0.471. The van der Waals surface area contributed by atoms with E-state index < -0.39 is 5.91 Å². The highest BCUT2D eigenvalue weighted by atomic mass is 16.5. The molecule has 0 saturated carbocycles. The lowest BCUT2D eigenvalue weighted by Gasteiger charge is -2.18. The number of hydrogen-bond acceptors (Lipinski definition) is 3. The van der Waals surface area contributed by atoms with Gasteiger partial charge >= 0.3 is 0 Å². The molecule has 0 spiro atoms. The number of nitrogen functional groups attached to an aromatic ring is 1. The first-order valence-electron chi connectivity index (χ1n) is 5.27. The minimum Gasteiger partial charge on any atom is -0.490 e. The SMILES string of the molecule is CC(C)C(C)Oc1ccc(N)c(C(N)=O)c1. The second-order valence-electron chi connectivity index (χ2n) is 4.18. The van der Waals surface area contributed by atoms with Crippen LogP contribution in [0.25, 0.3) is 0 Å². The van der Waals surface area contributed by atoms with Crippen molar-refractivity contribution in [3.63, 3.8) is 0 Å². The lowest BCUT2D eigenvalue weighted by Crippen LogP contribution is -2.19. The Morgan fingerprint density at radius 2 is 1.94 bits per heavy atom. The van der Waals surface area contributed by atoms with E-state index in [-0.39, 0.29) is 6.10 Å². The van der Waals surface area contributed by atoms with Gasteiger partial charge in [-0.2, -0.15) is 0 Å². The van der Waals surface area contributed by atoms with Crippen LogP contribution in [0.2, 0.25) is 0 Å². The molecular formula is C12H18N2O2. The molecule has 0 aliphatic carbocycles. The molecule has 1 rings (SSSR count). The minimum absolute atomic E-state index is 0.0735. The van der Waals surface area contributed by atoms with Crippen LogP contribution < -0.4 is 16.2 Å². The van der Waals surface area contributed by atoms with Gasteiger partial charge < -0.3 is 16.2 Å². The van der Waals surface area contributed by atoms with Crippen LogP contribution in [0.15, 0.2) is 18.2 Å². The van der Waals surface area contributed by atoms with Crippen molar-refractivity contribution in [2.24, 2.45) is 11.7 Å². The van der Waals surface area contributed by atoms with Crippen LogP contribution in [0.1, 0.15) is 31.1 Å². The van der Waals surface area contributed by atoms with E-state index in [2.05, 4.69) is 13.8 Å². The molecule has 0 bridgehead atoms. The van der Waals surface area contributed by atoms with Gasteiger partial charge in [-0.05, 0) is 31.0 Å². The Labute approximate surface area is 95.6 Å². The van der Waals surface area contributed by atoms with Crippen molar-refractivity contribution in [1.82, 2.24) is 0 Å². The number of benzene rings is 1. The van der Waals surface area contributed by atoms with E-state index >= 15 is 0 Å². The highest BCUT2D eigenvalue weighted by Gasteiger charge is 2.11. The molecule has 0 aliphatic heterocycles. The maximum Gasteiger partial charge on any atom is 0.250 e. The van der Waals surface area contributed by atoms with Crippen LogP contribution in [0.3, 0.4) is 0 Å². The Balaban J connectivity index is 2.91. The van der Waals surface area contributed by atoms with Crippen molar-refractivity contribution in [3.8, 4) is 5.75 Å². The van der Waals surface area contributed by atoms with Gasteiger partial charge in [-0.15, -0.1) is 0 Å². The second-order valence-corrected chi connectivity index (χ2v) is 4.18. The molecule has 4 nitrogen and oxygen atoms in total. The van der Waals surface area contributed by atoms with E-state index in [4.69, 9.17) is 16.2 Å². The predicted octanol–water partition coefficient (Wildman–Crippen LogP) is 1.79. The molecule has 0 heterocycles. The zero-order valence-electron chi connectivity index (χ0n) is 9.86. The van der Waals surface area contributed by atoms with Crippen molar-refractivity contribution in [1.29, 1.82) is 0 Å². The number of nitrogens with two attached hydrogens (primary N) is 2. The van der Waals surface area contributed by atoms with Gasteiger partial charge in [0.25, 0.3) is 5.91 Å². The topological polar surface area (TPSA) is 78.3 Å². The van der Waals surface area contributed by atoms with Gasteiger partial charge in [0.15, 0.2) is 0 Å². The first-order chi connectivity index (χ1) is 7.41. The van der Waals surface area contributed by atoms with Crippen molar-refractivity contribution < 1.29 is 9.53 Å². The molecule has 0 fully saturated rings. The molecule has 1 unspecified atom stereocenters. The van der Waals surface area contributed by atoms with Crippen LogP contribution in [0.5, 0.6) is 5.75 Å². The summed E-state index contributed by atoms with van der Waals surface area (Å²) in [4.78, 5) is 11.1. The third-order valence-corrected chi connectivity index (χ3v) is 2.55. The van der Waals surface area contributed by atoms with Crippen molar-refractivity contribution in [3.05, 3.63) is 23.8 Å². The van der Waals surface area contributed by atoms with Gasteiger partial charge in [0.05, 0.1) is 11.7 Å². The van der Waals surface area contributed by atoms with Gasteiger partial charge in [0, 0.05) is 5.69 Å². The first-order valence-corrected chi connectivity index (χ1v) is 5.27. The number of carbonyl (C=O) groups excluding carboxylic acids is 1. The summed E-state index contributed by atoms with van der Waals surface area (Å²) in [6, 6.07) is 4.94. The zero-order valence-corrected chi connectivity index (χ0v) is 9.86. The van der Waals surface area contributed by atoms with E-state index in [1.807, 2.05) is 6.92 Å². The standard InChI is InChI=1S/C12H18N2O2/c1-7(2)8(3)16-9-4-5-11(13)10(6-9)12(14)15/h4-8H,13H2,1-3H3,(H2,14,15). The van der Waals surface area contributed by atoms with Crippen molar-refractivity contribution in [2.45, 2.75) is 26.9 Å². The minimum atomic E-state index is -0.542. The Morgan fingerprint density at radius 3 is 2.44 bits per heavy atom. The second kappa shape index (κ2) is 4.88. The summed E-state index contributed by atoms with van der Waals surface area (Å²) < 4.78 is 5.66. The van der Waals surface area contributed by atoms with Gasteiger partial charge in [-0.25, -0.2) is 0 Å². The van der Waals surface area contributed by atoms with Crippen LogP contribution in [0, 0.1) is 5.92 Å².